The van der Waals surface area contributed by atoms with Gasteiger partial charge in [0.05, 0.1) is 6.61 Å². The summed E-state index contributed by atoms with van der Waals surface area (Å²) in [5.41, 5.74) is 0. The first-order valence-corrected chi connectivity index (χ1v) is 4.09. The van der Waals surface area contributed by atoms with Gasteiger partial charge in [0, 0.05) is 6.54 Å². The molecule has 1 N–H and O–H groups in total. The molecule has 0 unspecified atom stereocenters. The first-order valence-electron chi connectivity index (χ1n) is 3.68. The molecule has 0 aliphatic heterocycles. The molecule has 0 heterocycles. The van der Waals surface area contributed by atoms with Crippen LogP contribution in [0.1, 0.15) is 13.8 Å². The highest BCUT2D eigenvalue weighted by molar-refractivity contribution is 7.80. The Morgan fingerprint density at radius 2 is 2.36 bits per heavy atom. The molecule has 0 saturated carbocycles. The van der Waals surface area contributed by atoms with Gasteiger partial charge in [0.15, 0.2) is 0 Å². The van der Waals surface area contributed by atoms with Crippen molar-refractivity contribution in [3.8, 4) is 0 Å². The summed E-state index contributed by atoms with van der Waals surface area (Å²) in [6, 6.07) is 0. The van der Waals surface area contributed by atoms with Crippen molar-refractivity contribution in [1.29, 1.82) is 0 Å². The summed E-state index contributed by atoms with van der Waals surface area (Å²) >= 11 is 4.86. The van der Waals surface area contributed by atoms with Crippen LogP contribution in [-0.4, -0.2) is 18.3 Å². The van der Waals surface area contributed by atoms with Gasteiger partial charge in [0.25, 0.3) is 5.17 Å². The molecule has 3 heteroatoms. The Balaban J connectivity index is 3.29. The van der Waals surface area contributed by atoms with Crippen molar-refractivity contribution in [2.75, 3.05) is 13.2 Å². The van der Waals surface area contributed by atoms with Gasteiger partial charge in [-0.3, -0.25) is 0 Å². The molecule has 0 radical (unpaired) electrons. The monoisotopic (exact) mass is 173 g/mol. The van der Waals surface area contributed by atoms with Gasteiger partial charge in [-0.1, -0.05) is 19.9 Å². The average molecular weight is 173 g/mol. The number of hydrogen-bond acceptors (Lipinski definition) is 2. The molecule has 11 heavy (non-hydrogen) atoms. The van der Waals surface area contributed by atoms with Crippen molar-refractivity contribution in [2.24, 2.45) is 5.92 Å². The van der Waals surface area contributed by atoms with E-state index in [1.807, 2.05) is 0 Å². The van der Waals surface area contributed by atoms with Crippen LogP contribution in [0.4, 0.5) is 0 Å². The highest BCUT2D eigenvalue weighted by atomic mass is 32.1. The highest BCUT2D eigenvalue weighted by Gasteiger charge is 1.96. The van der Waals surface area contributed by atoms with Crippen LogP contribution in [0.25, 0.3) is 0 Å². The quantitative estimate of drug-likeness (QED) is 0.516. The van der Waals surface area contributed by atoms with Gasteiger partial charge < -0.3 is 10.1 Å². The highest BCUT2D eigenvalue weighted by Crippen LogP contribution is 1.92. The summed E-state index contributed by atoms with van der Waals surface area (Å²) in [6.45, 7) is 9.04. The predicted molar refractivity (Wildman–Crippen MR) is 51.6 cm³/mol. The van der Waals surface area contributed by atoms with Crippen LogP contribution < -0.4 is 5.32 Å². The van der Waals surface area contributed by atoms with E-state index in [4.69, 9.17) is 17.0 Å². The molecule has 0 spiro atoms. The molecule has 2 nitrogen and oxygen atoms in total. The van der Waals surface area contributed by atoms with Crippen LogP contribution >= 0.6 is 12.2 Å². The van der Waals surface area contributed by atoms with E-state index in [0.29, 0.717) is 24.2 Å². The van der Waals surface area contributed by atoms with Gasteiger partial charge in [-0.25, -0.2) is 0 Å². The van der Waals surface area contributed by atoms with Gasteiger partial charge in [-0.2, -0.15) is 0 Å². The predicted octanol–water partition coefficient (Wildman–Crippen LogP) is 1.72. The Kier molecular flexibility index (Phi) is 5.84. The van der Waals surface area contributed by atoms with Crippen LogP contribution in [0.15, 0.2) is 12.7 Å². The third-order valence-corrected chi connectivity index (χ3v) is 1.20. The van der Waals surface area contributed by atoms with Crippen LogP contribution in [-0.2, 0) is 4.74 Å². The van der Waals surface area contributed by atoms with E-state index in [1.54, 1.807) is 6.08 Å². The molecule has 0 aromatic heterocycles. The normalized spacial score (nSPS) is 9.36. The fourth-order valence-electron chi connectivity index (χ4n) is 0.449. The Labute approximate surface area is 73.6 Å². The molecule has 0 rings (SSSR count). The third kappa shape index (κ3) is 7.33. The van der Waals surface area contributed by atoms with Crippen molar-refractivity contribution in [3.63, 3.8) is 0 Å². The summed E-state index contributed by atoms with van der Waals surface area (Å²) in [5, 5.41) is 3.34. The van der Waals surface area contributed by atoms with E-state index in [1.165, 1.54) is 0 Å². The summed E-state index contributed by atoms with van der Waals surface area (Å²) in [6.07, 6.45) is 1.74. The van der Waals surface area contributed by atoms with E-state index in [0.717, 1.165) is 0 Å². The van der Waals surface area contributed by atoms with E-state index in [-0.39, 0.29) is 0 Å². The van der Waals surface area contributed by atoms with Crippen molar-refractivity contribution in [3.05, 3.63) is 12.7 Å². The van der Waals surface area contributed by atoms with Gasteiger partial charge >= 0.3 is 0 Å². The van der Waals surface area contributed by atoms with Crippen LogP contribution in [0, 0.1) is 5.92 Å². The second kappa shape index (κ2) is 6.16. The molecular weight excluding hydrogens is 158 g/mol. The minimum absolute atomic E-state index is 0.457. The number of thiocarbonyl (C=S) groups is 1. The molecule has 0 aromatic carbocycles. The van der Waals surface area contributed by atoms with E-state index < -0.39 is 0 Å². The van der Waals surface area contributed by atoms with Gasteiger partial charge in [-0.05, 0) is 18.1 Å². The number of hydrogen-bond donors (Lipinski definition) is 1. The molecule has 0 bridgehead atoms. The second-order valence-electron chi connectivity index (χ2n) is 2.66. The fraction of sp³-hybridized carbons (Fsp3) is 0.625. The molecule has 64 valence electrons. The fourth-order valence-corrected chi connectivity index (χ4v) is 0.600. The SMILES string of the molecule is C=CCNC(=S)OCC(C)C. The van der Waals surface area contributed by atoms with Crippen LogP contribution in [0.5, 0.6) is 0 Å². The minimum Gasteiger partial charge on any atom is -0.471 e. The zero-order chi connectivity index (χ0) is 8.69. The number of ether oxygens (including phenoxy) is 1. The molecule has 0 atom stereocenters. The van der Waals surface area contributed by atoms with Crippen LogP contribution in [0.2, 0.25) is 0 Å². The summed E-state index contributed by atoms with van der Waals surface area (Å²) in [4.78, 5) is 0. The van der Waals surface area contributed by atoms with E-state index >= 15 is 0 Å². The van der Waals surface area contributed by atoms with E-state index in [9.17, 15) is 0 Å². The van der Waals surface area contributed by atoms with Crippen molar-refractivity contribution >= 4 is 17.4 Å². The van der Waals surface area contributed by atoms with Crippen LogP contribution in [0.3, 0.4) is 0 Å². The maximum absolute atomic E-state index is 5.18. The molecule has 0 aliphatic carbocycles. The van der Waals surface area contributed by atoms with Crippen molar-refractivity contribution in [1.82, 2.24) is 5.32 Å². The topological polar surface area (TPSA) is 21.3 Å². The lowest BCUT2D eigenvalue weighted by Crippen LogP contribution is -2.25. The summed E-state index contributed by atoms with van der Waals surface area (Å²) in [5.74, 6) is 0.512. The molecule has 0 aliphatic rings. The van der Waals surface area contributed by atoms with Gasteiger partial charge in [-0.15, -0.1) is 6.58 Å². The van der Waals surface area contributed by atoms with Crippen molar-refractivity contribution in [2.45, 2.75) is 13.8 Å². The Hall–Kier alpha value is -0.570. The minimum atomic E-state index is 0.457. The molecule has 0 saturated heterocycles. The summed E-state index contributed by atoms with van der Waals surface area (Å²) < 4.78 is 5.18. The Bertz CT molecular complexity index is 134. The maximum Gasteiger partial charge on any atom is 0.256 e. The van der Waals surface area contributed by atoms with Crippen molar-refractivity contribution < 1.29 is 4.74 Å². The lowest BCUT2D eigenvalue weighted by Gasteiger charge is -2.09. The number of rotatable bonds is 4. The zero-order valence-corrected chi connectivity index (χ0v) is 7.91. The Morgan fingerprint density at radius 1 is 1.73 bits per heavy atom. The molecule has 0 amide bonds. The molecular formula is C8H15NOS. The lowest BCUT2D eigenvalue weighted by atomic mass is 10.2. The molecule has 0 aromatic rings. The lowest BCUT2D eigenvalue weighted by molar-refractivity contribution is 0.255. The zero-order valence-electron chi connectivity index (χ0n) is 7.09. The third-order valence-electron chi connectivity index (χ3n) is 0.938. The maximum atomic E-state index is 5.18. The Morgan fingerprint density at radius 3 is 2.82 bits per heavy atom. The summed E-state index contributed by atoms with van der Waals surface area (Å²) in [7, 11) is 0. The van der Waals surface area contributed by atoms with E-state index in [2.05, 4.69) is 25.7 Å². The molecule has 0 fully saturated rings. The smallest absolute Gasteiger partial charge is 0.256 e. The average Bonchev–Trinajstić information content (AvgIpc) is 1.97. The van der Waals surface area contributed by atoms with Gasteiger partial charge in [0.1, 0.15) is 0 Å². The van der Waals surface area contributed by atoms with Gasteiger partial charge in [0.2, 0.25) is 0 Å². The standard InChI is InChI=1S/C8H15NOS/c1-4-5-9-8(11)10-6-7(2)3/h4,7H,1,5-6H2,2-3H3,(H,9,11). The number of nitrogens with one attached hydrogen (secondary N) is 1. The largest absolute Gasteiger partial charge is 0.471 e. The first kappa shape index (κ1) is 10.4. The first-order chi connectivity index (χ1) is 5.16. The second-order valence-corrected chi connectivity index (χ2v) is 3.03.